The molecule has 21 heavy (non-hydrogen) atoms. The summed E-state index contributed by atoms with van der Waals surface area (Å²) in [5.41, 5.74) is 2.02. The van der Waals surface area contributed by atoms with Crippen molar-refractivity contribution in [1.29, 1.82) is 0 Å². The predicted octanol–water partition coefficient (Wildman–Crippen LogP) is 2.66. The van der Waals surface area contributed by atoms with Gasteiger partial charge in [0.25, 0.3) is 0 Å². The highest BCUT2D eigenvalue weighted by atomic mass is 79.9. The number of anilines is 1. The summed E-state index contributed by atoms with van der Waals surface area (Å²) in [6, 6.07) is 13.0. The molecule has 2 saturated heterocycles. The first-order valence-corrected chi connectivity index (χ1v) is 8.05. The summed E-state index contributed by atoms with van der Waals surface area (Å²) in [7, 11) is 2.20. The second kappa shape index (κ2) is 5.07. The predicted molar refractivity (Wildman–Crippen MR) is 87.3 cm³/mol. The third-order valence-corrected chi connectivity index (χ3v) is 5.14. The van der Waals surface area contributed by atoms with Gasteiger partial charge < -0.3 is 9.80 Å². The molecular weight excluding hydrogens is 328 g/mol. The molecular formula is C16H17BrN4. The fourth-order valence-electron chi connectivity index (χ4n) is 3.36. The SMILES string of the molecule is CN1C[C@H]2CN(c3ccc(-c4ccc(Br)cc4)nn3)C[C@H]21. The van der Waals surface area contributed by atoms with E-state index in [4.69, 9.17) is 0 Å². The Morgan fingerprint density at radius 1 is 1.00 bits per heavy atom. The maximum absolute atomic E-state index is 4.43. The summed E-state index contributed by atoms with van der Waals surface area (Å²) >= 11 is 3.45. The highest BCUT2D eigenvalue weighted by molar-refractivity contribution is 9.10. The molecule has 108 valence electrons. The third-order valence-electron chi connectivity index (χ3n) is 4.61. The quantitative estimate of drug-likeness (QED) is 0.838. The number of benzene rings is 1. The van der Waals surface area contributed by atoms with Crippen LogP contribution in [0.2, 0.25) is 0 Å². The van der Waals surface area contributed by atoms with Gasteiger partial charge in [-0.1, -0.05) is 28.1 Å². The highest BCUT2D eigenvalue weighted by Gasteiger charge is 2.43. The first kappa shape index (κ1) is 13.2. The average Bonchev–Trinajstić information content (AvgIpc) is 2.86. The molecule has 2 aromatic rings. The van der Waals surface area contributed by atoms with Gasteiger partial charge >= 0.3 is 0 Å². The number of likely N-dealkylation sites (tertiary alicyclic amines) is 1. The average molecular weight is 345 g/mol. The summed E-state index contributed by atoms with van der Waals surface area (Å²) < 4.78 is 1.08. The highest BCUT2D eigenvalue weighted by Crippen LogP contribution is 2.33. The Kier molecular flexibility index (Phi) is 3.19. The zero-order chi connectivity index (χ0) is 14.4. The number of likely N-dealkylation sites (N-methyl/N-ethyl adjacent to an activating group) is 1. The molecule has 0 unspecified atom stereocenters. The number of halogens is 1. The van der Waals surface area contributed by atoms with Crippen molar-refractivity contribution in [2.45, 2.75) is 6.04 Å². The maximum Gasteiger partial charge on any atom is 0.151 e. The Hall–Kier alpha value is -1.46. The van der Waals surface area contributed by atoms with E-state index in [0.717, 1.165) is 40.6 Å². The zero-order valence-electron chi connectivity index (χ0n) is 11.9. The summed E-state index contributed by atoms with van der Waals surface area (Å²) in [4.78, 5) is 4.78. The van der Waals surface area contributed by atoms with E-state index < -0.39 is 0 Å². The van der Waals surface area contributed by atoms with Crippen molar-refractivity contribution in [2.24, 2.45) is 5.92 Å². The maximum atomic E-state index is 4.43. The van der Waals surface area contributed by atoms with Gasteiger partial charge in [-0.15, -0.1) is 10.2 Å². The summed E-state index contributed by atoms with van der Waals surface area (Å²) in [6.45, 7) is 3.40. The number of fused-ring (bicyclic) bond motifs is 1. The molecule has 0 bridgehead atoms. The van der Waals surface area contributed by atoms with Gasteiger partial charge in [0.1, 0.15) is 0 Å². The summed E-state index contributed by atoms with van der Waals surface area (Å²) in [5, 5.41) is 8.82. The van der Waals surface area contributed by atoms with Crippen LogP contribution in [0.3, 0.4) is 0 Å². The minimum atomic E-state index is 0.706. The van der Waals surface area contributed by atoms with E-state index >= 15 is 0 Å². The van der Waals surface area contributed by atoms with E-state index in [-0.39, 0.29) is 0 Å². The van der Waals surface area contributed by atoms with Crippen LogP contribution in [0.15, 0.2) is 40.9 Å². The number of hydrogen-bond acceptors (Lipinski definition) is 4. The molecule has 0 saturated carbocycles. The molecule has 2 aliphatic rings. The van der Waals surface area contributed by atoms with Crippen molar-refractivity contribution in [2.75, 3.05) is 31.6 Å². The normalized spacial score (nSPS) is 24.8. The van der Waals surface area contributed by atoms with Crippen molar-refractivity contribution in [3.8, 4) is 11.3 Å². The van der Waals surface area contributed by atoms with Gasteiger partial charge in [-0.05, 0) is 31.3 Å². The lowest BCUT2D eigenvalue weighted by Crippen LogP contribution is -2.52. The Morgan fingerprint density at radius 3 is 2.43 bits per heavy atom. The molecule has 0 aliphatic carbocycles. The van der Waals surface area contributed by atoms with Crippen LogP contribution in [0.4, 0.5) is 5.82 Å². The van der Waals surface area contributed by atoms with Crippen molar-refractivity contribution < 1.29 is 0 Å². The number of nitrogens with zero attached hydrogens (tertiary/aromatic N) is 4. The standard InChI is InChI=1S/C16H17BrN4/c1-20-8-12-9-21(10-15(12)20)16-7-6-14(18-19-16)11-2-4-13(17)5-3-11/h2-7,12,15H,8-10H2,1H3/t12-,15+/m0/s1. The van der Waals surface area contributed by atoms with Gasteiger partial charge in [-0.25, -0.2) is 0 Å². The summed E-state index contributed by atoms with van der Waals surface area (Å²) in [5.74, 6) is 1.81. The monoisotopic (exact) mass is 344 g/mol. The van der Waals surface area contributed by atoms with Gasteiger partial charge in [0.2, 0.25) is 0 Å². The van der Waals surface area contributed by atoms with Crippen LogP contribution in [0, 0.1) is 5.92 Å². The topological polar surface area (TPSA) is 32.3 Å². The van der Waals surface area contributed by atoms with Crippen LogP contribution in [-0.2, 0) is 0 Å². The van der Waals surface area contributed by atoms with Crippen LogP contribution >= 0.6 is 15.9 Å². The lowest BCUT2D eigenvalue weighted by atomic mass is 9.93. The minimum Gasteiger partial charge on any atom is -0.353 e. The lowest BCUT2D eigenvalue weighted by Gasteiger charge is -2.40. The largest absolute Gasteiger partial charge is 0.353 e. The molecule has 2 fully saturated rings. The van der Waals surface area contributed by atoms with Gasteiger partial charge in [0.15, 0.2) is 5.82 Å². The second-order valence-corrected chi connectivity index (χ2v) is 6.87. The smallest absolute Gasteiger partial charge is 0.151 e. The fraction of sp³-hybridized carbons (Fsp3) is 0.375. The zero-order valence-corrected chi connectivity index (χ0v) is 13.5. The van der Waals surface area contributed by atoms with Crippen LogP contribution in [-0.4, -0.2) is 47.8 Å². The minimum absolute atomic E-state index is 0.706. The molecule has 4 rings (SSSR count). The first-order valence-electron chi connectivity index (χ1n) is 7.25. The lowest BCUT2D eigenvalue weighted by molar-refractivity contribution is 0.0827. The molecule has 0 amide bonds. The van der Waals surface area contributed by atoms with E-state index in [1.807, 2.05) is 12.1 Å². The first-order chi connectivity index (χ1) is 10.2. The molecule has 1 aromatic heterocycles. The molecule has 1 aromatic carbocycles. The Labute approximate surface area is 132 Å². The Balaban J connectivity index is 1.53. The van der Waals surface area contributed by atoms with Crippen molar-refractivity contribution in [3.63, 3.8) is 0 Å². The molecule has 5 heteroatoms. The van der Waals surface area contributed by atoms with E-state index in [0.29, 0.717) is 6.04 Å². The number of rotatable bonds is 2. The molecule has 0 N–H and O–H groups in total. The number of aromatic nitrogens is 2. The van der Waals surface area contributed by atoms with Gasteiger partial charge in [-0.2, -0.15) is 0 Å². The van der Waals surface area contributed by atoms with E-state index in [9.17, 15) is 0 Å². The van der Waals surface area contributed by atoms with Crippen LogP contribution < -0.4 is 4.90 Å². The Morgan fingerprint density at radius 2 is 1.81 bits per heavy atom. The van der Waals surface area contributed by atoms with Crippen molar-refractivity contribution >= 4 is 21.7 Å². The van der Waals surface area contributed by atoms with Crippen LogP contribution in [0.5, 0.6) is 0 Å². The van der Waals surface area contributed by atoms with Crippen molar-refractivity contribution in [3.05, 3.63) is 40.9 Å². The second-order valence-electron chi connectivity index (χ2n) is 5.96. The van der Waals surface area contributed by atoms with Crippen molar-refractivity contribution in [1.82, 2.24) is 15.1 Å². The van der Waals surface area contributed by atoms with Gasteiger partial charge in [-0.3, -0.25) is 0 Å². The Bertz CT molecular complexity index is 640. The molecule has 4 nitrogen and oxygen atoms in total. The van der Waals surface area contributed by atoms with Crippen LogP contribution in [0.1, 0.15) is 0 Å². The van der Waals surface area contributed by atoms with Gasteiger partial charge in [0.05, 0.1) is 5.69 Å². The fourth-order valence-corrected chi connectivity index (χ4v) is 3.62. The molecule has 0 spiro atoms. The summed E-state index contributed by atoms with van der Waals surface area (Å²) in [6.07, 6.45) is 0. The molecule has 0 radical (unpaired) electrons. The number of hydrogen-bond donors (Lipinski definition) is 0. The molecule has 2 atom stereocenters. The van der Waals surface area contributed by atoms with Gasteiger partial charge in [0, 0.05) is 41.6 Å². The van der Waals surface area contributed by atoms with E-state index in [1.165, 1.54) is 6.54 Å². The molecule has 3 heterocycles. The van der Waals surface area contributed by atoms with Crippen LogP contribution in [0.25, 0.3) is 11.3 Å². The van der Waals surface area contributed by atoms with E-state index in [1.54, 1.807) is 0 Å². The van der Waals surface area contributed by atoms with E-state index in [2.05, 4.69) is 67.2 Å². The molecule has 2 aliphatic heterocycles. The third kappa shape index (κ3) is 2.34.